The zero-order valence-corrected chi connectivity index (χ0v) is 13.2. The van der Waals surface area contributed by atoms with E-state index in [1.165, 1.54) is 4.90 Å². The number of halogens is 3. The normalized spacial score (nSPS) is 11.4. The van der Waals surface area contributed by atoms with Crippen LogP contribution in [0.4, 0.5) is 14.5 Å². The number of nitrogens with zero attached hydrogens (tertiary/aromatic N) is 1. The summed E-state index contributed by atoms with van der Waals surface area (Å²) in [7, 11) is 0. The second-order valence-electron chi connectivity index (χ2n) is 5.33. The molecule has 0 saturated heterocycles. The van der Waals surface area contributed by atoms with Gasteiger partial charge in [-0.2, -0.15) is 0 Å². The highest BCUT2D eigenvalue weighted by atomic mass is 35.5. The van der Waals surface area contributed by atoms with E-state index in [1.807, 2.05) is 6.07 Å². The van der Waals surface area contributed by atoms with E-state index in [0.717, 1.165) is 12.1 Å². The van der Waals surface area contributed by atoms with Gasteiger partial charge in [-0.25, -0.2) is 8.78 Å². The number of aliphatic hydroxyl groups excluding tert-OH is 1. The van der Waals surface area contributed by atoms with Crippen molar-refractivity contribution < 1.29 is 13.9 Å². The van der Waals surface area contributed by atoms with Crippen molar-refractivity contribution in [3.63, 3.8) is 0 Å². The quantitative estimate of drug-likeness (QED) is 0.733. The first-order valence-corrected chi connectivity index (χ1v) is 7.45. The third-order valence-electron chi connectivity index (χ3n) is 2.98. The molecule has 0 aliphatic rings. The largest absolute Gasteiger partial charge is 0.395 e. The highest BCUT2D eigenvalue weighted by Gasteiger charge is 2.18. The Labute approximate surface area is 129 Å². The van der Waals surface area contributed by atoms with E-state index in [0.29, 0.717) is 23.2 Å². The Bertz CT molecular complexity index is 430. The molecule has 21 heavy (non-hydrogen) atoms. The topological polar surface area (TPSA) is 35.5 Å². The van der Waals surface area contributed by atoms with Gasteiger partial charge in [-0.05, 0) is 24.1 Å². The molecule has 0 aromatic heterocycles. The van der Waals surface area contributed by atoms with Crippen LogP contribution in [0.5, 0.6) is 0 Å². The number of para-hydroxylation sites is 1. The first-order valence-electron chi connectivity index (χ1n) is 7.07. The van der Waals surface area contributed by atoms with Gasteiger partial charge >= 0.3 is 0 Å². The molecule has 0 radical (unpaired) electrons. The average molecular weight is 321 g/mol. The van der Waals surface area contributed by atoms with Crippen LogP contribution in [-0.2, 0) is 6.54 Å². The molecule has 2 N–H and O–H groups in total. The molecule has 1 rings (SSSR count). The molecule has 1 aromatic carbocycles. The van der Waals surface area contributed by atoms with Crippen molar-refractivity contribution in [2.45, 2.75) is 26.8 Å². The molecular weight excluding hydrogens is 298 g/mol. The fourth-order valence-corrected chi connectivity index (χ4v) is 2.45. The van der Waals surface area contributed by atoms with Crippen LogP contribution in [-0.4, -0.2) is 37.8 Å². The monoisotopic (exact) mass is 320 g/mol. The number of hydrogen-bond acceptors (Lipinski definition) is 3. The molecule has 0 fully saturated rings. The predicted molar refractivity (Wildman–Crippen MR) is 83.3 cm³/mol. The van der Waals surface area contributed by atoms with E-state index in [4.69, 9.17) is 16.7 Å². The van der Waals surface area contributed by atoms with E-state index in [2.05, 4.69) is 19.2 Å². The first-order chi connectivity index (χ1) is 9.95. The second-order valence-corrected chi connectivity index (χ2v) is 5.74. The van der Waals surface area contributed by atoms with Crippen LogP contribution < -0.4 is 10.2 Å². The molecule has 0 amide bonds. The third kappa shape index (κ3) is 6.16. The number of rotatable bonds is 9. The van der Waals surface area contributed by atoms with Gasteiger partial charge in [0.15, 0.2) is 0 Å². The van der Waals surface area contributed by atoms with Crippen LogP contribution in [0.15, 0.2) is 18.2 Å². The van der Waals surface area contributed by atoms with Gasteiger partial charge in [-0.15, -0.1) is 0 Å². The summed E-state index contributed by atoms with van der Waals surface area (Å²) in [5.74, 6) is 0.502. The number of nitrogens with one attached hydrogen (secondary N) is 1. The fourth-order valence-electron chi connectivity index (χ4n) is 2.13. The van der Waals surface area contributed by atoms with Gasteiger partial charge in [-0.3, -0.25) is 0 Å². The Morgan fingerprint density at radius 2 is 2.05 bits per heavy atom. The maximum absolute atomic E-state index is 12.7. The highest BCUT2D eigenvalue weighted by molar-refractivity contribution is 6.33. The van der Waals surface area contributed by atoms with Gasteiger partial charge in [0.1, 0.15) is 0 Å². The van der Waals surface area contributed by atoms with Crippen LogP contribution in [0.1, 0.15) is 19.4 Å². The standard InChI is InChI=1S/C15H23ClF2N2O/c1-11(2)8-19-9-12-4-3-5-13(16)15(12)20(6-7-21)10-14(17)18/h3-5,11,14,19,21H,6-10H2,1-2H3. The molecule has 3 nitrogen and oxygen atoms in total. The smallest absolute Gasteiger partial charge is 0.255 e. The molecule has 0 bridgehead atoms. The molecule has 1 aromatic rings. The summed E-state index contributed by atoms with van der Waals surface area (Å²) in [4.78, 5) is 1.44. The van der Waals surface area contributed by atoms with E-state index >= 15 is 0 Å². The molecule has 0 unspecified atom stereocenters. The zero-order valence-electron chi connectivity index (χ0n) is 12.5. The summed E-state index contributed by atoms with van der Waals surface area (Å²) in [6, 6.07) is 5.35. The number of hydrogen-bond donors (Lipinski definition) is 2. The number of alkyl halides is 2. The maximum atomic E-state index is 12.7. The minimum Gasteiger partial charge on any atom is -0.395 e. The van der Waals surface area contributed by atoms with Crippen LogP contribution in [0.3, 0.4) is 0 Å². The van der Waals surface area contributed by atoms with E-state index in [1.54, 1.807) is 12.1 Å². The molecular formula is C15H23ClF2N2O. The lowest BCUT2D eigenvalue weighted by Crippen LogP contribution is -2.33. The van der Waals surface area contributed by atoms with Gasteiger partial charge in [-0.1, -0.05) is 37.6 Å². The predicted octanol–water partition coefficient (Wildman–Crippen LogP) is 3.15. The van der Waals surface area contributed by atoms with Crippen molar-refractivity contribution >= 4 is 17.3 Å². The van der Waals surface area contributed by atoms with Crippen molar-refractivity contribution in [1.29, 1.82) is 0 Å². The van der Waals surface area contributed by atoms with Gasteiger partial charge < -0.3 is 15.3 Å². The lowest BCUT2D eigenvalue weighted by Gasteiger charge is -2.27. The Balaban J connectivity index is 2.95. The van der Waals surface area contributed by atoms with Gasteiger partial charge in [0, 0.05) is 13.1 Å². The van der Waals surface area contributed by atoms with Gasteiger partial charge in [0.25, 0.3) is 6.43 Å². The SMILES string of the molecule is CC(C)CNCc1cccc(Cl)c1N(CCO)CC(F)F. The first kappa shape index (κ1) is 18.1. The zero-order chi connectivity index (χ0) is 15.8. The summed E-state index contributed by atoms with van der Waals surface area (Å²) in [5, 5.41) is 12.8. The Morgan fingerprint density at radius 3 is 2.62 bits per heavy atom. The number of benzene rings is 1. The molecule has 0 aliphatic heterocycles. The molecule has 0 aliphatic carbocycles. The van der Waals surface area contributed by atoms with Crippen LogP contribution in [0.25, 0.3) is 0 Å². The molecule has 0 spiro atoms. The Hall–Kier alpha value is -0.910. The lowest BCUT2D eigenvalue weighted by atomic mass is 10.1. The molecule has 0 heterocycles. The van der Waals surface area contributed by atoms with E-state index < -0.39 is 13.0 Å². The fraction of sp³-hybridized carbons (Fsp3) is 0.600. The molecule has 0 saturated carbocycles. The summed E-state index contributed by atoms with van der Waals surface area (Å²) in [6.07, 6.45) is -2.48. The van der Waals surface area contributed by atoms with Crippen molar-refractivity contribution in [2.24, 2.45) is 5.92 Å². The lowest BCUT2D eigenvalue weighted by molar-refractivity contribution is 0.152. The molecule has 120 valence electrons. The summed E-state index contributed by atoms with van der Waals surface area (Å²) in [6.45, 7) is 5.07. The average Bonchev–Trinajstić information content (AvgIpc) is 2.37. The summed E-state index contributed by atoms with van der Waals surface area (Å²) < 4.78 is 25.5. The second kappa shape index (κ2) is 9.18. The third-order valence-corrected chi connectivity index (χ3v) is 3.29. The number of aliphatic hydroxyl groups is 1. The number of anilines is 1. The van der Waals surface area contributed by atoms with Crippen molar-refractivity contribution in [1.82, 2.24) is 5.32 Å². The highest BCUT2D eigenvalue weighted by Crippen LogP contribution is 2.30. The van der Waals surface area contributed by atoms with Gasteiger partial charge in [0.2, 0.25) is 0 Å². The van der Waals surface area contributed by atoms with Crippen LogP contribution >= 0.6 is 11.6 Å². The minimum atomic E-state index is -2.48. The van der Waals surface area contributed by atoms with Gasteiger partial charge in [0.05, 0.1) is 23.9 Å². The Morgan fingerprint density at radius 1 is 1.33 bits per heavy atom. The van der Waals surface area contributed by atoms with Crippen molar-refractivity contribution in [3.05, 3.63) is 28.8 Å². The molecule has 6 heteroatoms. The Kier molecular flexibility index (Phi) is 7.93. The van der Waals surface area contributed by atoms with Crippen molar-refractivity contribution in [2.75, 3.05) is 31.1 Å². The van der Waals surface area contributed by atoms with Crippen molar-refractivity contribution in [3.8, 4) is 0 Å². The van der Waals surface area contributed by atoms with E-state index in [9.17, 15) is 8.78 Å². The molecule has 0 atom stereocenters. The minimum absolute atomic E-state index is 0.130. The summed E-state index contributed by atoms with van der Waals surface area (Å²) >= 11 is 6.19. The maximum Gasteiger partial charge on any atom is 0.255 e. The van der Waals surface area contributed by atoms with Crippen LogP contribution in [0.2, 0.25) is 5.02 Å². The van der Waals surface area contributed by atoms with Crippen LogP contribution in [0, 0.1) is 5.92 Å². The summed E-state index contributed by atoms with van der Waals surface area (Å²) in [5.41, 5.74) is 1.43. The van der Waals surface area contributed by atoms with E-state index in [-0.39, 0.29) is 13.2 Å².